The van der Waals surface area contributed by atoms with Gasteiger partial charge in [-0.3, -0.25) is 14.7 Å². The lowest BCUT2D eigenvalue weighted by molar-refractivity contribution is -0.129. The van der Waals surface area contributed by atoms with Gasteiger partial charge in [0.15, 0.2) is 0 Å². The molecule has 2 heterocycles. The van der Waals surface area contributed by atoms with Gasteiger partial charge in [-0.05, 0) is 40.2 Å². The van der Waals surface area contributed by atoms with Crippen LogP contribution in [0.4, 0.5) is 5.69 Å². The van der Waals surface area contributed by atoms with Crippen LogP contribution < -0.4 is 5.32 Å². The third-order valence-corrected chi connectivity index (χ3v) is 6.80. The van der Waals surface area contributed by atoms with Gasteiger partial charge in [0.25, 0.3) is 5.91 Å². The Kier molecular flexibility index (Phi) is 5.63. The van der Waals surface area contributed by atoms with E-state index in [2.05, 4.69) is 31.4 Å². The molecule has 1 aliphatic heterocycles. The molecule has 0 spiro atoms. The molecule has 11 heteroatoms. The summed E-state index contributed by atoms with van der Waals surface area (Å²) in [5.41, 5.74) is 0.809. The first-order valence-electron chi connectivity index (χ1n) is 8.15. The van der Waals surface area contributed by atoms with Gasteiger partial charge < -0.3 is 10.2 Å². The Morgan fingerprint density at radius 3 is 2.30 bits per heavy atom. The topological polar surface area (TPSA) is 115 Å². The summed E-state index contributed by atoms with van der Waals surface area (Å²) in [7, 11) is -3.67. The standard InChI is InChI=1S/C16H18BrN5O4S/c1-11(23)21-6-8-22(9-7-21)27(25,26)13-4-2-12(3-5-13)16(24)19-14-10-18-20-15(14)17/h2-5,10H,6-9H2,1H3,(H,18,20)(H,19,24). The van der Waals surface area contributed by atoms with E-state index in [1.54, 1.807) is 4.90 Å². The van der Waals surface area contributed by atoms with Crippen LogP contribution in [0.5, 0.6) is 0 Å². The number of H-pyrrole nitrogens is 1. The molecule has 2 amide bonds. The average molecular weight is 456 g/mol. The fourth-order valence-corrected chi connectivity index (χ4v) is 4.45. The molecule has 144 valence electrons. The lowest BCUT2D eigenvalue weighted by Gasteiger charge is -2.33. The van der Waals surface area contributed by atoms with Crippen molar-refractivity contribution in [2.45, 2.75) is 11.8 Å². The number of benzene rings is 1. The molecule has 1 fully saturated rings. The summed E-state index contributed by atoms with van der Waals surface area (Å²) in [6.45, 7) is 2.70. The molecule has 27 heavy (non-hydrogen) atoms. The van der Waals surface area contributed by atoms with Crippen LogP contribution in [0.3, 0.4) is 0 Å². The smallest absolute Gasteiger partial charge is 0.255 e. The number of anilines is 1. The fourth-order valence-electron chi connectivity index (χ4n) is 2.72. The fraction of sp³-hybridized carbons (Fsp3) is 0.312. The number of rotatable bonds is 4. The summed E-state index contributed by atoms with van der Waals surface area (Å²) in [6.07, 6.45) is 1.46. The van der Waals surface area contributed by atoms with E-state index in [9.17, 15) is 18.0 Å². The van der Waals surface area contributed by atoms with Gasteiger partial charge in [-0.1, -0.05) is 0 Å². The minimum absolute atomic E-state index is 0.0633. The van der Waals surface area contributed by atoms with Gasteiger partial charge >= 0.3 is 0 Å². The lowest BCUT2D eigenvalue weighted by atomic mass is 10.2. The highest BCUT2D eigenvalue weighted by atomic mass is 79.9. The quantitative estimate of drug-likeness (QED) is 0.719. The zero-order chi connectivity index (χ0) is 19.6. The minimum Gasteiger partial charge on any atom is -0.340 e. The Morgan fingerprint density at radius 2 is 1.78 bits per heavy atom. The molecule has 1 saturated heterocycles. The van der Waals surface area contributed by atoms with Crippen LogP contribution in [0, 0.1) is 0 Å². The first kappa shape index (κ1) is 19.5. The molecule has 0 saturated carbocycles. The zero-order valence-electron chi connectivity index (χ0n) is 14.5. The second-order valence-electron chi connectivity index (χ2n) is 5.99. The second kappa shape index (κ2) is 7.79. The third kappa shape index (κ3) is 4.20. The number of amides is 2. The maximum atomic E-state index is 12.7. The Hall–Kier alpha value is -2.24. The number of sulfonamides is 1. The van der Waals surface area contributed by atoms with Crippen molar-refractivity contribution in [2.24, 2.45) is 0 Å². The van der Waals surface area contributed by atoms with Gasteiger partial charge in [-0.2, -0.15) is 9.40 Å². The molecule has 0 atom stereocenters. The number of nitrogens with zero attached hydrogens (tertiary/aromatic N) is 3. The number of carbonyl (C=O) groups excluding carboxylic acids is 2. The van der Waals surface area contributed by atoms with Crippen LogP contribution in [-0.4, -0.2) is 65.8 Å². The van der Waals surface area contributed by atoms with Crippen molar-refractivity contribution in [2.75, 3.05) is 31.5 Å². The van der Waals surface area contributed by atoms with Gasteiger partial charge in [0, 0.05) is 38.7 Å². The molecule has 0 bridgehead atoms. The number of piperazine rings is 1. The monoisotopic (exact) mass is 455 g/mol. The molecule has 9 nitrogen and oxygen atoms in total. The van der Waals surface area contributed by atoms with Gasteiger partial charge in [-0.25, -0.2) is 8.42 Å². The predicted molar refractivity (Wildman–Crippen MR) is 102 cm³/mol. The molecule has 1 aromatic carbocycles. The summed E-state index contributed by atoms with van der Waals surface area (Å²) < 4.78 is 27.4. The SMILES string of the molecule is CC(=O)N1CCN(S(=O)(=O)c2ccc(C(=O)Nc3cn[nH]c3Br)cc2)CC1. The van der Waals surface area contributed by atoms with Gasteiger partial charge in [0.1, 0.15) is 4.60 Å². The molecule has 2 aromatic rings. The third-order valence-electron chi connectivity index (χ3n) is 4.28. The Bertz CT molecular complexity index is 949. The normalized spacial score (nSPS) is 15.6. The summed E-state index contributed by atoms with van der Waals surface area (Å²) in [5.74, 6) is -0.442. The van der Waals surface area contributed by atoms with Crippen LogP contribution in [-0.2, 0) is 14.8 Å². The van der Waals surface area contributed by atoms with Gasteiger partial charge in [-0.15, -0.1) is 0 Å². The maximum absolute atomic E-state index is 12.7. The van der Waals surface area contributed by atoms with Crippen LogP contribution in [0.15, 0.2) is 40.0 Å². The van der Waals surface area contributed by atoms with Crippen molar-refractivity contribution >= 4 is 43.5 Å². The lowest BCUT2D eigenvalue weighted by Crippen LogP contribution is -2.49. The molecule has 3 rings (SSSR count). The van der Waals surface area contributed by atoms with Crippen molar-refractivity contribution in [3.05, 3.63) is 40.6 Å². The predicted octanol–water partition coefficient (Wildman–Crippen LogP) is 1.28. The highest BCUT2D eigenvalue weighted by Gasteiger charge is 2.29. The van der Waals surface area contributed by atoms with Crippen molar-refractivity contribution in [3.63, 3.8) is 0 Å². The number of aromatic nitrogens is 2. The maximum Gasteiger partial charge on any atom is 0.255 e. The Morgan fingerprint density at radius 1 is 1.15 bits per heavy atom. The number of nitrogens with one attached hydrogen (secondary N) is 2. The highest BCUT2D eigenvalue weighted by molar-refractivity contribution is 9.10. The zero-order valence-corrected chi connectivity index (χ0v) is 16.9. The van der Waals surface area contributed by atoms with Crippen LogP contribution in [0.1, 0.15) is 17.3 Å². The molecule has 0 unspecified atom stereocenters. The summed E-state index contributed by atoms with van der Waals surface area (Å²) >= 11 is 3.22. The van der Waals surface area contributed by atoms with Crippen molar-refractivity contribution < 1.29 is 18.0 Å². The van der Waals surface area contributed by atoms with Crippen LogP contribution in [0.2, 0.25) is 0 Å². The first-order valence-corrected chi connectivity index (χ1v) is 10.4. The summed E-state index contributed by atoms with van der Waals surface area (Å²) in [6, 6.07) is 5.74. The van der Waals surface area contributed by atoms with Crippen molar-refractivity contribution in [1.29, 1.82) is 0 Å². The van der Waals surface area contributed by atoms with Crippen LogP contribution >= 0.6 is 15.9 Å². The average Bonchev–Trinajstić information content (AvgIpc) is 3.06. The van der Waals surface area contributed by atoms with E-state index >= 15 is 0 Å². The number of aromatic amines is 1. The van der Waals surface area contributed by atoms with Gasteiger partial charge in [0.05, 0.1) is 16.8 Å². The minimum atomic E-state index is -3.67. The first-order chi connectivity index (χ1) is 12.8. The molecule has 1 aliphatic rings. The van der Waals surface area contributed by atoms with E-state index in [4.69, 9.17) is 0 Å². The number of carbonyl (C=O) groups is 2. The summed E-state index contributed by atoms with van der Waals surface area (Å²) in [4.78, 5) is 25.4. The van der Waals surface area contributed by atoms with E-state index in [0.29, 0.717) is 28.9 Å². The summed E-state index contributed by atoms with van der Waals surface area (Å²) in [5, 5.41) is 9.10. The number of halogens is 1. The molecule has 2 N–H and O–H groups in total. The molecular formula is C16H18BrN5O4S. The van der Waals surface area contributed by atoms with Gasteiger partial charge in [0.2, 0.25) is 15.9 Å². The molecule has 1 aromatic heterocycles. The molecule has 0 radical (unpaired) electrons. The number of hydrogen-bond donors (Lipinski definition) is 2. The van der Waals surface area contributed by atoms with E-state index in [-0.39, 0.29) is 29.8 Å². The highest BCUT2D eigenvalue weighted by Crippen LogP contribution is 2.21. The van der Waals surface area contributed by atoms with E-state index in [0.717, 1.165) is 0 Å². The van der Waals surface area contributed by atoms with E-state index in [1.165, 1.54) is 41.7 Å². The van der Waals surface area contributed by atoms with Crippen LogP contribution in [0.25, 0.3) is 0 Å². The molecular weight excluding hydrogens is 438 g/mol. The Balaban J connectivity index is 1.70. The van der Waals surface area contributed by atoms with Crippen molar-refractivity contribution in [1.82, 2.24) is 19.4 Å². The molecule has 0 aliphatic carbocycles. The Labute approximate surface area is 164 Å². The largest absolute Gasteiger partial charge is 0.340 e. The van der Waals surface area contributed by atoms with E-state index < -0.39 is 10.0 Å². The van der Waals surface area contributed by atoms with Crippen molar-refractivity contribution in [3.8, 4) is 0 Å². The number of hydrogen-bond acceptors (Lipinski definition) is 5. The second-order valence-corrected chi connectivity index (χ2v) is 8.72. The van der Waals surface area contributed by atoms with E-state index in [1.807, 2.05) is 0 Å².